The lowest BCUT2D eigenvalue weighted by Crippen LogP contribution is -2.34. The van der Waals surface area contributed by atoms with Crippen molar-refractivity contribution in [3.8, 4) is 5.75 Å². The Morgan fingerprint density at radius 1 is 1.33 bits per heavy atom. The average Bonchev–Trinajstić information content (AvgIpc) is 2.96. The van der Waals surface area contributed by atoms with Gasteiger partial charge in [0.25, 0.3) is 0 Å². The van der Waals surface area contributed by atoms with Crippen LogP contribution in [0.3, 0.4) is 0 Å². The summed E-state index contributed by atoms with van der Waals surface area (Å²) in [5, 5.41) is 8.69. The standard InChI is InChI=1S/C14H22N2O4S/c1-15(2)12-7-8-16(11-12)21(18,19)14-5-3-13(4-6-14)20-10-9-17/h3-6,12,17H,7-11H2,1-2H3. The molecule has 7 heteroatoms. The van der Waals surface area contributed by atoms with Gasteiger partial charge < -0.3 is 14.7 Å². The minimum atomic E-state index is -3.44. The maximum Gasteiger partial charge on any atom is 0.243 e. The number of aliphatic hydroxyl groups is 1. The van der Waals surface area contributed by atoms with E-state index in [4.69, 9.17) is 9.84 Å². The Morgan fingerprint density at radius 3 is 2.52 bits per heavy atom. The molecule has 1 atom stereocenters. The summed E-state index contributed by atoms with van der Waals surface area (Å²) in [6, 6.07) is 6.59. The highest BCUT2D eigenvalue weighted by molar-refractivity contribution is 7.89. The van der Waals surface area contributed by atoms with Crippen molar-refractivity contribution in [2.75, 3.05) is 40.4 Å². The number of nitrogens with zero attached hydrogens (tertiary/aromatic N) is 2. The van der Waals surface area contributed by atoms with Gasteiger partial charge in [0.2, 0.25) is 10.0 Å². The van der Waals surface area contributed by atoms with Crippen molar-refractivity contribution in [2.45, 2.75) is 17.4 Å². The van der Waals surface area contributed by atoms with Crippen LogP contribution in [0.2, 0.25) is 0 Å². The smallest absolute Gasteiger partial charge is 0.243 e. The van der Waals surface area contributed by atoms with Gasteiger partial charge in [-0.1, -0.05) is 0 Å². The van der Waals surface area contributed by atoms with Crippen LogP contribution in [-0.4, -0.2) is 69.2 Å². The highest BCUT2D eigenvalue weighted by atomic mass is 32.2. The predicted octanol–water partition coefficient (Wildman–Crippen LogP) is 0.382. The first-order chi connectivity index (χ1) is 9.95. The van der Waals surface area contributed by atoms with E-state index in [2.05, 4.69) is 4.90 Å². The summed E-state index contributed by atoms with van der Waals surface area (Å²) in [7, 11) is 0.492. The molecule has 1 N–H and O–H groups in total. The van der Waals surface area contributed by atoms with Crippen LogP contribution in [0.25, 0.3) is 0 Å². The molecule has 1 aromatic rings. The Kier molecular flexibility index (Phi) is 5.21. The molecule has 0 saturated carbocycles. The number of hydrogen-bond donors (Lipinski definition) is 1. The quantitative estimate of drug-likeness (QED) is 0.822. The van der Waals surface area contributed by atoms with Crippen LogP contribution in [0.4, 0.5) is 0 Å². The molecule has 0 aromatic heterocycles. The average molecular weight is 314 g/mol. The second-order valence-corrected chi connectivity index (χ2v) is 7.25. The number of sulfonamides is 1. The summed E-state index contributed by atoms with van der Waals surface area (Å²) < 4.78 is 31.9. The van der Waals surface area contributed by atoms with Crippen molar-refractivity contribution < 1.29 is 18.3 Å². The summed E-state index contributed by atoms with van der Waals surface area (Å²) in [5.41, 5.74) is 0. The number of benzene rings is 1. The van der Waals surface area contributed by atoms with Crippen LogP contribution in [0.5, 0.6) is 5.75 Å². The molecule has 1 saturated heterocycles. The first-order valence-corrected chi connectivity index (χ1v) is 8.39. The first kappa shape index (κ1) is 16.2. The van der Waals surface area contributed by atoms with Crippen LogP contribution in [0.15, 0.2) is 29.2 Å². The van der Waals surface area contributed by atoms with Crippen molar-refractivity contribution in [1.82, 2.24) is 9.21 Å². The van der Waals surface area contributed by atoms with E-state index in [9.17, 15) is 8.42 Å². The van der Waals surface area contributed by atoms with Crippen molar-refractivity contribution in [1.29, 1.82) is 0 Å². The molecule has 0 amide bonds. The molecule has 21 heavy (non-hydrogen) atoms. The fourth-order valence-corrected chi connectivity index (χ4v) is 3.86. The molecular formula is C14H22N2O4S. The molecule has 2 rings (SSSR count). The Labute approximate surface area is 126 Å². The molecule has 0 radical (unpaired) electrons. The lowest BCUT2D eigenvalue weighted by atomic mass is 10.2. The number of rotatable bonds is 6. The van der Waals surface area contributed by atoms with E-state index < -0.39 is 10.0 Å². The van der Waals surface area contributed by atoms with Crippen LogP contribution >= 0.6 is 0 Å². The molecule has 6 nitrogen and oxygen atoms in total. The largest absolute Gasteiger partial charge is 0.491 e. The van der Waals surface area contributed by atoms with Gasteiger partial charge >= 0.3 is 0 Å². The van der Waals surface area contributed by atoms with E-state index in [1.807, 2.05) is 14.1 Å². The lowest BCUT2D eigenvalue weighted by Gasteiger charge is -2.20. The van der Waals surface area contributed by atoms with Gasteiger partial charge in [-0.3, -0.25) is 0 Å². The van der Waals surface area contributed by atoms with E-state index >= 15 is 0 Å². The zero-order valence-electron chi connectivity index (χ0n) is 12.4. The normalized spacial score (nSPS) is 20.1. The van der Waals surface area contributed by atoms with Crippen LogP contribution < -0.4 is 4.74 Å². The van der Waals surface area contributed by atoms with E-state index in [-0.39, 0.29) is 24.2 Å². The lowest BCUT2D eigenvalue weighted by molar-refractivity contribution is 0.201. The highest BCUT2D eigenvalue weighted by Gasteiger charge is 2.33. The van der Waals surface area contributed by atoms with Gasteiger partial charge in [-0.15, -0.1) is 0 Å². The van der Waals surface area contributed by atoms with Gasteiger partial charge in [0.15, 0.2) is 0 Å². The Morgan fingerprint density at radius 2 is 2.00 bits per heavy atom. The van der Waals surface area contributed by atoms with Crippen molar-refractivity contribution >= 4 is 10.0 Å². The third-order valence-corrected chi connectivity index (χ3v) is 5.56. The number of aliphatic hydroxyl groups excluding tert-OH is 1. The topological polar surface area (TPSA) is 70.1 Å². The molecule has 1 aliphatic heterocycles. The molecule has 118 valence electrons. The summed E-state index contributed by atoms with van der Waals surface area (Å²) in [6.07, 6.45) is 0.851. The van der Waals surface area contributed by atoms with Gasteiger partial charge in [0.05, 0.1) is 11.5 Å². The monoisotopic (exact) mass is 314 g/mol. The van der Waals surface area contributed by atoms with E-state index in [0.717, 1.165) is 6.42 Å². The van der Waals surface area contributed by atoms with Gasteiger partial charge in [-0.25, -0.2) is 8.42 Å². The molecule has 0 aliphatic carbocycles. The van der Waals surface area contributed by atoms with Gasteiger partial charge in [0.1, 0.15) is 12.4 Å². The van der Waals surface area contributed by atoms with Crippen molar-refractivity contribution in [3.05, 3.63) is 24.3 Å². The Bertz CT molecular complexity index is 557. The van der Waals surface area contributed by atoms with Crippen LogP contribution in [0.1, 0.15) is 6.42 Å². The summed E-state index contributed by atoms with van der Waals surface area (Å²) >= 11 is 0. The highest BCUT2D eigenvalue weighted by Crippen LogP contribution is 2.24. The zero-order chi connectivity index (χ0) is 15.5. The summed E-state index contributed by atoms with van der Waals surface area (Å²) in [6.45, 7) is 1.20. The second-order valence-electron chi connectivity index (χ2n) is 5.31. The summed E-state index contributed by atoms with van der Waals surface area (Å²) in [5.74, 6) is 0.551. The molecular weight excluding hydrogens is 292 g/mol. The fourth-order valence-electron chi connectivity index (χ4n) is 2.37. The molecule has 1 unspecified atom stereocenters. The van der Waals surface area contributed by atoms with Gasteiger partial charge in [0, 0.05) is 19.1 Å². The fraction of sp³-hybridized carbons (Fsp3) is 0.571. The third kappa shape index (κ3) is 3.74. The minimum Gasteiger partial charge on any atom is -0.491 e. The van der Waals surface area contributed by atoms with E-state index in [0.29, 0.717) is 18.8 Å². The number of ether oxygens (including phenoxy) is 1. The molecule has 1 fully saturated rings. The first-order valence-electron chi connectivity index (χ1n) is 6.95. The maximum atomic E-state index is 12.6. The summed E-state index contributed by atoms with van der Waals surface area (Å²) in [4.78, 5) is 2.33. The van der Waals surface area contributed by atoms with E-state index in [1.165, 1.54) is 4.31 Å². The van der Waals surface area contributed by atoms with Crippen molar-refractivity contribution in [2.24, 2.45) is 0 Å². The number of likely N-dealkylation sites (N-methyl/N-ethyl adjacent to an activating group) is 1. The molecule has 1 heterocycles. The van der Waals surface area contributed by atoms with Crippen molar-refractivity contribution in [3.63, 3.8) is 0 Å². The van der Waals surface area contributed by atoms with Gasteiger partial charge in [-0.05, 0) is 44.8 Å². The predicted molar refractivity (Wildman–Crippen MR) is 79.9 cm³/mol. The Hall–Kier alpha value is -1.15. The molecule has 0 bridgehead atoms. The molecule has 0 spiro atoms. The molecule has 1 aliphatic rings. The third-order valence-electron chi connectivity index (χ3n) is 3.68. The van der Waals surface area contributed by atoms with E-state index in [1.54, 1.807) is 24.3 Å². The zero-order valence-corrected chi connectivity index (χ0v) is 13.2. The minimum absolute atomic E-state index is 0.0697. The molecule has 1 aromatic carbocycles. The van der Waals surface area contributed by atoms with Gasteiger partial charge in [-0.2, -0.15) is 4.31 Å². The SMILES string of the molecule is CN(C)C1CCN(S(=O)(=O)c2ccc(OCCO)cc2)C1. The van der Waals surface area contributed by atoms with Crippen LogP contribution in [0, 0.1) is 0 Å². The Balaban J connectivity index is 2.09. The second kappa shape index (κ2) is 6.74. The number of hydrogen-bond acceptors (Lipinski definition) is 5. The van der Waals surface area contributed by atoms with Crippen LogP contribution in [-0.2, 0) is 10.0 Å². The maximum absolute atomic E-state index is 12.6.